The predicted octanol–water partition coefficient (Wildman–Crippen LogP) is 6.20. The maximum Gasteiger partial charge on any atom is 0.244 e. The van der Waals surface area contributed by atoms with Crippen molar-refractivity contribution in [3.8, 4) is 0 Å². The van der Waals surface area contributed by atoms with Gasteiger partial charge >= 0.3 is 0 Å². The molecule has 1 unspecified atom stereocenters. The van der Waals surface area contributed by atoms with E-state index in [0.29, 0.717) is 15.6 Å². The van der Waals surface area contributed by atoms with Gasteiger partial charge in [0.2, 0.25) is 21.8 Å². The summed E-state index contributed by atoms with van der Waals surface area (Å²) >= 11 is 31.1. The summed E-state index contributed by atoms with van der Waals surface area (Å²) < 4.78 is 26.3. The van der Waals surface area contributed by atoms with Crippen molar-refractivity contribution in [1.29, 1.82) is 0 Å². The molecule has 2 aromatic carbocycles. The molecule has 0 aliphatic heterocycles. The lowest BCUT2D eigenvalue weighted by molar-refractivity contribution is -0.139. The zero-order valence-corrected chi connectivity index (χ0v) is 24.7. The van der Waals surface area contributed by atoms with Crippen LogP contribution in [0.3, 0.4) is 0 Å². The molecule has 7 nitrogen and oxygen atoms in total. The van der Waals surface area contributed by atoms with Crippen LogP contribution in [0.15, 0.2) is 30.3 Å². The van der Waals surface area contributed by atoms with Gasteiger partial charge < -0.3 is 10.2 Å². The minimum Gasteiger partial charge on any atom is -0.352 e. The monoisotopic (exact) mass is 627 g/mol. The number of rotatable bonds is 9. The lowest BCUT2D eigenvalue weighted by Gasteiger charge is -2.32. The molecule has 1 atom stereocenters. The van der Waals surface area contributed by atoms with E-state index < -0.39 is 28.5 Å². The normalized spacial score (nSPS) is 14.9. The Balaban J connectivity index is 1.97. The van der Waals surface area contributed by atoms with E-state index in [1.807, 2.05) is 0 Å². The Bertz CT molecular complexity index is 1270. The molecule has 0 heterocycles. The highest BCUT2D eigenvalue weighted by molar-refractivity contribution is 7.92. The molecule has 2 aromatic rings. The van der Waals surface area contributed by atoms with Gasteiger partial charge in [0.25, 0.3) is 0 Å². The van der Waals surface area contributed by atoms with Crippen LogP contribution in [-0.4, -0.2) is 50.0 Å². The van der Waals surface area contributed by atoms with E-state index >= 15 is 0 Å². The molecule has 0 spiro atoms. The average Bonchev–Trinajstić information content (AvgIpc) is 3.31. The standard InChI is InChI=1S/C24H26Cl5N3O4S/c1-14(24(34)30-15-6-3-4-7-15)31(12-16-17(25)8-5-9-18(16)26)23(33)13-32(37(2,35)36)22-11-20(28)19(27)10-21(22)29/h5,8-11,14-15H,3-4,6-7,12-13H2,1-2H3,(H,30,34). The summed E-state index contributed by atoms with van der Waals surface area (Å²) in [6, 6.07) is 6.53. The van der Waals surface area contributed by atoms with E-state index in [1.165, 1.54) is 17.0 Å². The number of amides is 2. The summed E-state index contributed by atoms with van der Waals surface area (Å²) in [7, 11) is -4.01. The molecular weight excluding hydrogens is 604 g/mol. The zero-order chi connectivity index (χ0) is 27.5. The number of halogens is 5. The van der Waals surface area contributed by atoms with Crippen molar-refractivity contribution < 1.29 is 18.0 Å². The number of carbonyl (C=O) groups excluding carboxylic acids is 2. The largest absolute Gasteiger partial charge is 0.352 e. The quantitative estimate of drug-likeness (QED) is 0.335. The number of nitrogens with one attached hydrogen (secondary N) is 1. The van der Waals surface area contributed by atoms with Crippen LogP contribution in [-0.2, 0) is 26.2 Å². The number of sulfonamides is 1. The third kappa shape index (κ3) is 7.58. The van der Waals surface area contributed by atoms with E-state index in [1.54, 1.807) is 25.1 Å². The Kier molecular flexibility index (Phi) is 10.3. The highest BCUT2D eigenvalue weighted by Gasteiger charge is 2.33. The summed E-state index contributed by atoms with van der Waals surface area (Å²) in [5, 5.41) is 3.77. The Hall–Kier alpha value is -1.42. The second-order valence-corrected chi connectivity index (χ2v) is 12.8. The van der Waals surface area contributed by atoms with Crippen LogP contribution >= 0.6 is 58.0 Å². The maximum atomic E-state index is 13.7. The van der Waals surface area contributed by atoms with Gasteiger partial charge in [-0.3, -0.25) is 13.9 Å². The molecule has 1 saturated carbocycles. The van der Waals surface area contributed by atoms with E-state index in [-0.39, 0.29) is 39.2 Å². The molecule has 202 valence electrons. The first-order valence-electron chi connectivity index (χ1n) is 11.4. The highest BCUT2D eigenvalue weighted by atomic mass is 35.5. The summed E-state index contributed by atoms with van der Waals surface area (Å²) in [5.41, 5.74) is 0.406. The second kappa shape index (κ2) is 12.6. The summed E-state index contributed by atoms with van der Waals surface area (Å²) in [6.07, 6.45) is 4.70. The van der Waals surface area contributed by atoms with Crippen LogP contribution in [0.25, 0.3) is 0 Å². The van der Waals surface area contributed by atoms with Crippen LogP contribution in [0, 0.1) is 0 Å². The van der Waals surface area contributed by atoms with Gasteiger partial charge in [0, 0.05) is 28.2 Å². The van der Waals surface area contributed by atoms with Crippen molar-refractivity contribution in [1.82, 2.24) is 10.2 Å². The molecule has 1 fully saturated rings. The van der Waals surface area contributed by atoms with E-state index in [2.05, 4.69) is 5.32 Å². The Morgan fingerprint density at radius 2 is 1.54 bits per heavy atom. The number of hydrogen-bond donors (Lipinski definition) is 1. The van der Waals surface area contributed by atoms with Crippen molar-refractivity contribution in [3.05, 3.63) is 61.0 Å². The summed E-state index contributed by atoms with van der Waals surface area (Å²) in [5.74, 6) is -1.03. The van der Waals surface area contributed by atoms with Crippen molar-refractivity contribution in [2.75, 3.05) is 17.1 Å². The molecule has 1 aliphatic rings. The molecule has 1 aliphatic carbocycles. The first-order chi connectivity index (χ1) is 17.3. The van der Waals surface area contributed by atoms with Crippen LogP contribution in [0.1, 0.15) is 38.2 Å². The predicted molar refractivity (Wildman–Crippen MR) is 151 cm³/mol. The van der Waals surface area contributed by atoms with Crippen LogP contribution in [0.4, 0.5) is 5.69 Å². The van der Waals surface area contributed by atoms with Gasteiger partial charge in [0.05, 0.1) is 27.0 Å². The van der Waals surface area contributed by atoms with Gasteiger partial charge in [0.1, 0.15) is 12.6 Å². The Labute approximate surface area is 242 Å². The van der Waals surface area contributed by atoms with Gasteiger partial charge in [-0.2, -0.15) is 0 Å². The van der Waals surface area contributed by atoms with Crippen molar-refractivity contribution >= 4 is 85.5 Å². The fourth-order valence-corrected chi connectivity index (χ4v) is 6.19. The van der Waals surface area contributed by atoms with Gasteiger partial charge in [-0.1, -0.05) is 76.9 Å². The molecule has 0 saturated heterocycles. The third-order valence-corrected chi connectivity index (χ3v) is 9.06. The Morgan fingerprint density at radius 1 is 0.973 bits per heavy atom. The van der Waals surface area contributed by atoms with Crippen molar-refractivity contribution in [2.24, 2.45) is 0 Å². The Morgan fingerprint density at radius 3 is 2.11 bits per heavy atom. The van der Waals surface area contributed by atoms with Crippen LogP contribution < -0.4 is 9.62 Å². The fraction of sp³-hybridized carbons (Fsp3) is 0.417. The van der Waals surface area contributed by atoms with Gasteiger partial charge in [0.15, 0.2) is 0 Å². The van der Waals surface area contributed by atoms with Crippen molar-refractivity contribution in [3.63, 3.8) is 0 Å². The summed E-state index contributed by atoms with van der Waals surface area (Å²) in [6.45, 7) is 0.798. The zero-order valence-electron chi connectivity index (χ0n) is 20.1. The SMILES string of the molecule is CC(C(=O)NC1CCCC1)N(Cc1c(Cl)cccc1Cl)C(=O)CN(c1cc(Cl)c(Cl)cc1Cl)S(C)(=O)=O. The molecule has 1 N–H and O–H groups in total. The molecule has 3 rings (SSSR count). The van der Waals surface area contributed by atoms with Gasteiger partial charge in [-0.05, 0) is 44.0 Å². The molecule has 0 bridgehead atoms. The maximum absolute atomic E-state index is 13.7. The lowest BCUT2D eigenvalue weighted by atomic mass is 10.1. The minimum absolute atomic E-state index is 0.0136. The molecule has 2 amide bonds. The summed E-state index contributed by atoms with van der Waals surface area (Å²) in [4.78, 5) is 28.1. The molecule has 13 heteroatoms. The second-order valence-electron chi connectivity index (χ2n) is 8.88. The average molecular weight is 630 g/mol. The third-order valence-electron chi connectivity index (χ3n) is 6.20. The van der Waals surface area contributed by atoms with E-state index in [9.17, 15) is 18.0 Å². The van der Waals surface area contributed by atoms with E-state index in [0.717, 1.165) is 36.2 Å². The van der Waals surface area contributed by atoms with Gasteiger partial charge in [-0.15, -0.1) is 0 Å². The van der Waals surface area contributed by atoms with Gasteiger partial charge in [-0.25, -0.2) is 8.42 Å². The number of benzene rings is 2. The smallest absolute Gasteiger partial charge is 0.244 e. The number of anilines is 1. The topological polar surface area (TPSA) is 86.8 Å². The number of carbonyl (C=O) groups is 2. The minimum atomic E-state index is -4.01. The van der Waals surface area contributed by atoms with Crippen LogP contribution in [0.2, 0.25) is 25.1 Å². The molecule has 0 radical (unpaired) electrons. The van der Waals surface area contributed by atoms with E-state index in [4.69, 9.17) is 58.0 Å². The molecule has 0 aromatic heterocycles. The number of nitrogens with zero attached hydrogens (tertiary/aromatic N) is 2. The van der Waals surface area contributed by atoms with Crippen LogP contribution in [0.5, 0.6) is 0 Å². The molecular formula is C24H26Cl5N3O4S. The fourth-order valence-electron chi connectivity index (χ4n) is 4.13. The lowest BCUT2D eigenvalue weighted by Crippen LogP contribution is -2.52. The number of hydrogen-bond acceptors (Lipinski definition) is 4. The first-order valence-corrected chi connectivity index (χ1v) is 15.2. The molecule has 37 heavy (non-hydrogen) atoms. The van der Waals surface area contributed by atoms with Crippen molar-refractivity contribution in [2.45, 2.75) is 51.2 Å². The highest BCUT2D eigenvalue weighted by Crippen LogP contribution is 2.36. The first kappa shape index (κ1) is 30.1.